The molecule has 0 aliphatic rings. The van der Waals surface area contributed by atoms with Crippen LogP contribution in [0.1, 0.15) is 0 Å². The van der Waals surface area contributed by atoms with Crippen molar-refractivity contribution < 1.29 is 9.59 Å². The molecule has 0 bridgehead atoms. The molecule has 2 aromatic carbocycles. The van der Waals surface area contributed by atoms with E-state index in [0.717, 1.165) is 12.2 Å². The first-order valence-electron chi connectivity index (χ1n) is 5.31. The number of hydrogen-bond donors (Lipinski definition) is 2. The molecular weight excluding hydrogens is 259 g/mol. The minimum Gasteiger partial charge on any atom is -0.222 e. The lowest BCUT2D eigenvalue weighted by atomic mass is 10.4. The van der Waals surface area contributed by atoms with Crippen LogP contribution in [0.5, 0.6) is 0 Å². The van der Waals surface area contributed by atoms with Gasteiger partial charge in [-0.15, -0.1) is 0 Å². The molecule has 0 aliphatic heterocycles. The molecule has 2 aromatic rings. The van der Waals surface area contributed by atoms with E-state index in [1.54, 1.807) is 0 Å². The summed E-state index contributed by atoms with van der Waals surface area (Å²) in [6.45, 7) is 0. The van der Waals surface area contributed by atoms with Crippen LogP contribution in [0.25, 0.3) is 0 Å². The molecule has 0 fully saturated rings. The van der Waals surface area contributed by atoms with E-state index in [1.165, 1.54) is 10.6 Å². The van der Waals surface area contributed by atoms with Crippen molar-refractivity contribution in [1.29, 1.82) is 10.8 Å². The van der Waals surface area contributed by atoms with Crippen LogP contribution in [0.3, 0.4) is 0 Å². The number of carbonyl (C=O) groups excluding carboxylic acids is 2. The van der Waals surface area contributed by atoms with Gasteiger partial charge in [0.05, 0.1) is 19.2 Å². The third-order valence-electron chi connectivity index (χ3n) is 1.93. The zero-order valence-electron chi connectivity index (χ0n) is 10.2. The van der Waals surface area contributed by atoms with Crippen molar-refractivity contribution in [2.45, 2.75) is 0 Å². The molecule has 19 heavy (non-hydrogen) atoms. The van der Waals surface area contributed by atoms with Gasteiger partial charge in [-0.05, 0) is 24.3 Å². The molecule has 0 atom stereocenters. The van der Waals surface area contributed by atoms with Crippen LogP contribution in [-0.2, 0) is 9.59 Å². The van der Waals surface area contributed by atoms with Gasteiger partial charge in [-0.3, -0.25) is 0 Å². The van der Waals surface area contributed by atoms with Gasteiger partial charge in [-0.2, -0.15) is 0 Å². The lowest BCUT2D eigenvalue weighted by molar-refractivity contribution is 0.562. The fraction of sp³-hybridized carbons (Fsp3) is 0. The maximum absolute atomic E-state index is 8.35. The Morgan fingerprint density at radius 2 is 0.947 bits per heavy atom. The molecule has 0 amide bonds. The Bertz CT molecular complexity index is 468. The number of benzene rings is 2. The van der Waals surface area contributed by atoms with Gasteiger partial charge in [0, 0.05) is 0 Å². The van der Waals surface area contributed by atoms with E-state index in [0.29, 0.717) is 0 Å². The molecule has 2 N–H and O–H groups in total. The summed E-state index contributed by atoms with van der Waals surface area (Å²) < 4.78 is 0. The fourth-order valence-electron chi connectivity index (χ4n) is 1.29. The first-order valence-corrected chi connectivity index (χ1v) is 6.46. The van der Waals surface area contributed by atoms with Crippen LogP contribution in [0, 0.1) is 10.8 Å². The highest BCUT2D eigenvalue weighted by Crippen LogP contribution is 2.08. The molecule has 0 unspecified atom stereocenters. The van der Waals surface area contributed by atoms with Crippen molar-refractivity contribution in [3.8, 4) is 0 Å². The van der Waals surface area contributed by atoms with Gasteiger partial charge in [0.1, 0.15) is 0 Å². The molecule has 96 valence electrons. The predicted molar refractivity (Wildman–Crippen MR) is 78.7 cm³/mol. The van der Waals surface area contributed by atoms with Crippen molar-refractivity contribution in [1.82, 2.24) is 0 Å². The van der Waals surface area contributed by atoms with E-state index < -0.39 is 0 Å². The van der Waals surface area contributed by atoms with Crippen molar-refractivity contribution in [2.24, 2.45) is 0 Å². The summed E-state index contributed by atoms with van der Waals surface area (Å²) in [5, 5.41) is 13.7. The van der Waals surface area contributed by atoms with Gasteiger partial charge in [0.2, 0.25) is 12.2 Å². The first kappa shape index (κ1) is 16.6. The zero-order chi connectivity index (χ0) is 14.3. The monoisotopic (exact) mass is 273 g/mol. The maximum Gasteiger partial charge on any atom is 0.231 e. The Morgan fingerprint density at radius 1 is 0.684 bits per heavy atom. The molecule has 0 saturated heterocycles. The molecular formula is C14H14N2O2P+. The molecule has 5 heteroatoms. The van der Waals surface area contributed by atoms with Crippen LogP contribution in [-0.4, -0.2) is 12.2 Å². The third kappa shape index (κ3) is 9.34. The summed E-state index contributed by atoms with van der Waals surface area (Å²) in [6, 6.07) is 21.3. The summed E-state index contributed by atoms with van der Waals surface area (Å²) in [4.78, 5) is 16.7. The van der Waals surface area contributed by atoms with E-state index >= 15 is 0 Å². The highest BCUT2D eigenvalue weighted by Gasteiger charge is 2.00. The van der Waals surface area contributed by atoms with Crippen LogP contribution in [0.15, 0.2) is 60.7 Å². The molecule has 0 heterocycles. The van der Waals surface area contributed by atoms with E-state index in [9.17, 15) is 0 Å². The molecule has 4 nitrogen and oxygen atoms in total. The van der Waals surface area contributed by atoms with Crippen LogP contribution < -0.4 is 10.6 Å². The minimum absolute atomic E-state index is 0.271. The Kier molecular flexibility index (Phi) is 10.6. The van der Waals surface area contributed by atoms with E-state index in [-0.39, 0.29) is 8.58 Å². The number of isocyanates is 2. The smallest absolute Gasteiger partial charge is 0.222 e. The molecule has 2 rings (SSSR count). The zero-order valence-corrected chi connectivity index (χ0v) is 11.3. The highest BCUT2D eigenvalue weighted by molar-refractivity contribution is 7.55. The quantitative estimate of drug-likeness (QED) is 0.497. The average molecular weight is 273 g/mol. The van der Waals surface area contributed by atoms with Crippen molar-refractivity contribution in [3.63, 3.8) is 0 Å². The van der Waals surface area contributed by atoms with E-state index in [2.05, 4.69) is 60.7 Å². The standard InChI is InChI=1S/C12H11P.2CHNO/c1-3-7-11(8-4-1)13-12-9-5-2-6-10-12;2*2-1-3/h1-10,13H;2*2H/p+1. The lowest BCUT2D eigenvalue weighted by Gasteiger charge is -1.92. The summed E-state index contributed by atoms with van der Waals surface area (Å²) in [7, 11) is 0.271. The van der Waals surface area contributed by atoms with Crippen LogP contribution in [0.4, 0.5) is 0 Å². The Hall–Kier alpha value is -2.37. The van der Waals surface area contributed by atoms with Gasteiger partial charge < -0.3 is 0 Å². The Balaban J connectivity index is 0.000000465. The van der Waals surface area contributed by atoms with Gasteiger partial charge in [0.15, 0.2) is 0 Å². The summed E-state index contributed by atoms with van der Waals surface area (Å²) >= 11 is 0. The lowest BCUT2D eigenvalue weighted by Crippen LogP contribution is -2.01. The van der Waals surface area contributed by atoms with Crippen LogP contribution in [0.2, 0.25) is 0 Å². The van der Waals surface area contributed by atoms with Crippen molar-refractivity contribution in [2.75, 3.05) is 0 Å². The van der Waals surface area contributed by atoms with Crippen molar-refractivity contribution in [3.05, 3.63) is 60.7 Å². The summed E-state index contributed by atoms with van der Waals surface area (Å²) in [6.07, 6.45) is 1.50. The summed E-state index contributed by atoms with van der Waals surface area (Å²) in [5.74, 6) is 0. The summed E-state index contributed by atoms with van der Waals surface area (Å²) in [5.41, 5.74) is 0. The fourth-order valence-corrected chi connectivity index (χ4v) is 2.51. The van der Waals surface area contributed by atoms with E-state index in [1.807, 2.05) is 0 Å². The number of hydrogen-bond acceptors (Lipinski definition) is 4. The van der Waals surface area contributed by atoms with E-state index in [4.69, 9.17) is 20.4 Å². The van der Waals surface area contributed by atoms with Gasteiger partial charge in [-0.25, -0.2) is 20.4 Å². The molecule has 0 aromatic heterocycles. The number of rotatable bonds is 2. The normalized spacial score (nSPS) is 7.58. The van der Waals surface area contributed by atoms with Gasteiger partial charge in [-0.1, -0.05) is 36.4 Å². The topological polar surface area (TPSA) is 81.8 Å². The second-order valence-corrected chi connectivity index (χ2v) is 4.79. The molecule has 0 aliphatic carbocycles. The van der Waals surface area contributed by atoms with Gasteiger partial charge >= 0.3 is 0 Å². The molecule has 0 radical (unpaired) electrons. The second-order valence-electron chi connectivity index (χ2n) is 3.17. The highest BCUT2D eigenvalue weighted by atomic mass is 31.1. The third-order valence-corrected chi connectivity index (χ3v) is 3.37. The molecule has 0 spiro atoms. The minimum atomic E-state index is 0.271. The molecule has 0 saturated carbocycles. The van der Waals surface area contributed by atoms with Crippen molar-refractivity contribution >= 4 is 31.3 Å². The number of nitrogens with one attached hydrogen (secondary N) is 2. The largest absolute Gasteiger partial charge is 0.231 e. The Morgan fingerprint density at radius 3 is 1.21 bits per heavy atom. The SMILES string of the molecule is N=C=O.N=C=O.c1ccc([PH2+]c2ccccc2)cc1. The second kappa shape index (κ2) is 12.1. The average Bonchev–Trinajstić information content (AvgIpc) is 2.43. The van der Waals surface area contributed by atoms with Gasteiger partial charge in [0.25, 0.3) is 0 Å². The van der Waals surface area contributed by atoms with Crippen LogP contribution >= 0.6 is 8.58 Å². The maximum atomic E-state index is 8.35. The predicted octanol–water partition coefficient (Wildman–Crippen LogP) is 1.85. The Labute approximate surface area is 113 Å². The first-order chi connectivity index (χ1) is 9.28.